The Balaban J connectivity index is 2.42. The summed E-state index contributed by atoms with van der Waals surface area (Å²) in [6, 6.07) is 4.26. The molecule has 1 amide bonds. The number of amides is 1. The van der Waals surface area contributed by atoms with Crippen LogP contribution in [0.4, 0.5) is 0 Å². The molecule has 1 aromatic heterocycles. The van der Waals surface area contributed by atoms with Crippen LogP contribution in [0.5, 0.6) is 0 Å². The summed E-state index contributed by atoms with van der Waals surface area (Å²) in [6.45, 7) is 5.48. The summed E-state index contributed by atoms with van der Waals surface area (Å²) in [7, 11) is 2.94. The van der Waals surface area contributed by atoms with Crippen LogP contribution in [0.2, 0.25) is 0 Å². The average Bonchev–Trinajstić information content (AvgIpc) is 3.13. The van der Waals surface area contributed by atoms with Gasteiger partial charge in [-0.3, -0.25) is 4.79 Å². The van der Waals surface area contributed by atoms with Gasteiger partial charge in [0.25, 0.3) is 5.91 Å². The van der Waals surface area contributed by atoms with Crippen molar-refractivity contribution in [3.05, 3.63) is 41.2 Å². The van der Waals surface area contributed by atoms with Gasteiger partial charge < -0.3 is 19.3 Å². The molecule has 8 heteroatoms. The fraction of sp³-hybridized carbons (Fsp3) is 0.455. The lowest BCUT2D eigenvalue weighted by Crippen LogP contribution is -2.33. The summed E-state index contributed by atoms with van der Waals surface area (Å²) in [5, 5.41) is 9.63. The maximum absolute atomic E-state index is 13.0. The molecule has 0 aliphatic heterocycles. The molecule has 1 heterocycles. The number of esters is 1. The number of benzene rings is 1. The summed E-state index contributed by atoms with van der Waals surface area (Å²) < 4.78 is 6.29. The van der Waals surface area contributed by atoms with Crippen molar-refractivity contribution in [3.8, 4) is 11.4 Å². The number of unbranched alkanes of at least 4 members (excludes halogenated alkanes) is 2. The molecule has 2 rings (SSSR count). The van der Waals surface area contributed by atoms with E-state index in [1.165, 1.54) is 25.3 Å². The molecule has 0 fully saturated rings. The summed E-state index contributed by atoms with van der Waals surface area (Å²) in [4.78, 5) is 42.8. The van der Waals surface area contributed by atoms with Gasteiger partial charge in [-0.05, 0) is 31.0 Å². The Morgan fingerprint density at radius 1 is 1.13 bits per heavy atom. The van der Waals surface area contributed by atoms with Crippen molar-refractivity contribution in [2.45, 2.75) is 39.5 Å². The SMILES string of the molecule is CCCCN(CCCC)C(=O)c1cn(C)c(-c2ccc(C(=O)OC)cc2C(=O)O)n1. The highest BCUT2D eigenvalue weighted by Crippen LogP contribution is 2.25. The number of carboxylic acid groups (broad SMARTS) is 1. The molecule has 1 N–H and O–H groups in total. The van der Waals surface area contributed by atoms with Crippen molar-refractivity contribution >= 4 is 17.8 Å². The third-order valence-electron chi connectivity index (χ3n) is 4.86. The number of hydrogen-bond acceptors (Lipinski definition) is 5. The Hall–Kier alpha value is -3.16. The van der Waals surface area contributed by atoms with E-state index in [1.54, 1.807) is 22.7 Å². The molecule has 0 saturated heterocycles. The lowest BCUT2D eigenvalue weighted by molar-refractivity contribution is 0.0600. The number of hydrogen-bond donors (Lipinski definition) is 1. The largest absolute Gasteiger partial charge is 0.478 e. The zero-order chi connectivity index (χ0) is 22.3. The first kappa shape index (κ1) is 23.1. The van der Waals surface area contributed by atoms with Crippen LogP contribution in [-0.2, 0) is 11.8 Å². The van der Waals surface area contributed by atoms with Crippen molar-refractivity contribution in [2.24, 2.45) is 7.05 Å². The number of carboxylic acids is 1. The predicted octanol–water partition coefficient (Wildman–Crippen LogP) is 3.61. The summed E-state index contributed by atoms with van der Waals surface area (Å²) in [6.07, 6.45) is 5.40. The second-order valence-electron chi connectivity index (χ2n) is 7.12. The number of carbonyl (C=O) groups is 3. The maximum Gasteiger partial charge on any atom is 0.337 e. The van der Waals surface area contributed by atoms with Gasteiger partial charge in [0.1, 0.15) is 11.5 Å². The maximum atomic E-state index is 13.0. The van der Waals surface area contributed by atoms with Gasteiger partial charge >= 0.3 is 11.9 Å². The number of carbonyl (C=O) groups excluding carboxylic acids is 2. The van der Waals surface area contributed by atoms with Gasteiger partial charge in [0.05, 0.1) is 18.2 Å². The summed E-state index contributed by atoms with van der Waals surface area (Å²) >= 11 is 0. The Morgan fingerprint density at radius 3 is 2.30 bits per heavy atom. The Kier molecular flexibility index (Phi) is 8.15. The molecule has 0 unspecified atom stereocenters. The number of aromatic carboxylic acids is 1. The molecular weight excluding hydrogens is 386 g/mol. The molecule has 0 radical (unpaired) electrons. The fourth-order valence-electron chi connectivity index (χ4n) is 3.16. The van der Waals surface area contributed by atoms with E-state index in [0.717, 1.165) is 25.7 Å². The van der Waals surface area contributed by atoms with Crippen LogP contribution >= 0.6 is 0 Å². The van der Waals surface area contributed by atoms with E-state index in [0.29, 0.717) is 24.5 Å². The van der Waals surface area contributed by atoms with E-state index in [1.807, 2.05) is 0 Å². The highest BCUT2D eigenvalue weighted by molar-refractivity contribution is 6.00. The van der Waals surface area contributed by atoms with Gasteiger partial charge in [-0.15, -0.1) is 0 Å². The lowest BCUT2D eigenvalue weighted by atomic mass is 10.0. The monoisotopic (exact) mass is 415 g/mol. The lowest BCUT2D eigenvalue weighted by Gasteiger charge is -2.21. The highest BCUT2D eigenvalue weighted by atomic mass is 16.5. The van der Waals surface area contributed by atoms with Gasteiger partial charge in [0.2, 0.25) is 0 Å². The zero-order valence-electron chi connectivity index (χ0n) is 18.0. The van der Waals surface area contributed by atoms with Crippen molar-refractivity contribution in [2.75, 3.05) is 20.2 Å². The highest BCUT2D eigenvalue weighted by Gasteiger charge is 2.23. The number of rotatable bonds is 10. The Bertz CT molecular complexity index is 911. The molecule has 30 heavy (non-hydrogen) atoms. The molecule has 8 nitrogen and oxygen atoms in total. The number of imidazole rings is 1. The smallest absolute Gasteiger partial charge is 0.337 e. The molecule has 0 saturated carbocycles. The molecule has 0 aliphatic carbocycles. The third-order valence-corrected chi connectivity index (χ3v) is 4.86. The molecule has 1 aromatic carbocycles. The van der Waals surface area contributed by atoms with Crippen LogP contribution in [0.1, 0.15) is 70.7 Å². The molecule has 0 atom stereocenters. The minimum atomic E-state index is -1.20. The van der Waals surface area contributed by atoms with Crippen LogP contribution < -0.4 is 0 Å². The van der Waals surface area contributed by atoms with Crippen molar-refractivity contribution in [3.63, 3.8) is 0 Å². The Morgan fingerprint density at radius 2 is 1.77 bits per heavy atom. The third kappa shape index (κ3) is 5.25. The minimum Gasteiger partial charge on any atom is -0.478 e. The number of methoxy groups -OCH3 is 1. The van der Waals surface area contributed by atoms with E-state index in [2.05, 4.69) is 23.6 Å². The van der Waals surface area contributed by atoms with Gasteiger partial charge in [-0.25, -0.2) is 14.6 Å². The molecular formula is C22H29N3O5. The molecule has 0 aliphatic rings. The minimum absolute atomic E-state index is 0.0839. The van der Waals surface area contributed by atoms with E-state index in [9.17, 15) is 19.5 Å². The van der Waals surface area contributed by atoms with E-state index >= 15 is 0 Å². The zero-order valence-corrected chi connectivity index (χ0v) is 18.0. The van der Waals surface area contributed by atoms with Crippen LogP contribution in [0.3, 0.4) is 0 Å². The predicted molar refractivity (Wildman–Crippen MR) is 113 cm³/mol. The number of aryl methyl sites for hydroxylation is 1. The van der Waals surface area contributed by atoms with Crippen LogP contribution in [0.25, 0.3) is 11.4 Å². The molecule has 0 spiro atoms. The van der Waals surface area contributed by atoms with Crippen molar-refractivity contribution in [1.29, 1.82) is 0 Å². The summed E-state index contributed by atoms with van der Waals surface area (Å²) in [5.74, 6) is -1.64. The van der Waals surface area contributed by atoms with Crippen molar-refractivity contribution in [1.82, 2.24) is 14.5 Å². The van der Waals surface area contributed by atoms with Crippen molar-refractivity contribution < 1.29 is 24.2 Å². The number of aromatic nitrogens is 2. The van der Waals surface area contributed by atoms with Gasteiger partial charge in [0.15, 0.2) is 0 Å². The fourth-order valence-corrected chi connectivity index (χ4v) is 3.16. The second kappa shape index (κ2) is 10.6. The first-order valence-corrected chi connectivity index (χ1v) is 10.1. The van der Waals surface area contributed by atoms with Crippen LogP contribution in [0.15, 0.2) is 24.4 Å². The van der Waals surface area contributed by atoms with Gasteiger partial charge in [-0.2, -0.15) is 0 Å². The van der Waals surface area contributed by atoms with Gasteiger partial charge in [0, 0.05) is 31.9 Å². The first-order chi connectivity index (χ1) is 14.3. The average molecular weight is 415 g/mol. The Labute approximate surface area is 176 Å². The molecule has 162 valence electrons. The number of ether oxygens (including phenoxy) is 1. The standard InChI is InChI=1S/C22H29N3O5/c1-5-7-11-25(12-8-6-2)20(26)18-14-24(3)19(23-18)16-10-9-15(22(29)30-4)13-17(16)21(27)28/h9-10,13-14H,5-8,11-12H2,1-4H3,(H,27,28). The summed E-state index contributed by atoms with van der Waals surface area (Å²) in [5.41, 5.74) is 0.646. The number of nitrogens with zero attached hydrogens (tertiary/aromatic N) is 3. The van der Waals surface area contributed by atoms with Crippen LogP contribution in [-0.4, -0.2) is 57.6 Å². The first-order valence-electron chi connectivity index (χ1n) is 10.1. The molecule has 0 bridgehead atoms. The van der Waals surface area contributed by atoms with E-state index < -0.39 is 11.9 Å². The quantitative estimate of drug-likeness (QED) is 0.595. The van der Waals surface area contributed by atoms with Gasteiger partial charge in [-0.1, -0.05) is 26.7 Å². The van der Waals surface area contributed by atoms with Crippen LogP contribution in [0, 0.1) is 0 Å². The normalized spacial score (nSPS) is 10.7. The topological polar surface area (TPSA) is 102 Å². The second-order valence-corrected chi connectivity index (χ2v) is 7.12. The van der Waals surface area contributed by atoms with E-state index in [4.69, 9.17) is 0 Å². The molecule has 2 aromatic rings. The van der Waals surface area contributed by atoms with E-state index in [-0.39, 0.29) is 22.7 Å².